The minimum atomic E-state index is -1.07. The zero-order valence-electron chi connectivity index (χ0n) is 15.0. The predicted molar refractivity (Wildman–Crippen MR) is 101 cm³/mol. The zero-order valence-corrected chi connectivity index (χ0v) is 15.0. The molecule has 7 heteroatoms. The highest BCUT2D eigenvalue weighted by Gasteiger charge is 2.19. The Morgan fingerprint density at radius 2 is 1.59 bits per heavy atom. The summed E-state index contributed by atoms with van der Waals surface area (Å²) in [5.74, 6) is 0.298. The number of benzene rings is 2. The summed E-state index contributed by atoms with van der Waals surface area (Å²) < 4.78 is 11.1. The summed E-state index contributed by atoms with van der Waals surface area (Å²) in [5.41, 5.74) is 5.39. The quantitative estimate of drug-likeness (QED) is 0.523. The van der Waals surface area contributed by atoms with Gasteiger partial charge in [-0.25, -0.2) is 4.79 Å². The number of unbranched alkanes of at least 4 members (excludes halogenated alkanes) is 1. The SMILES string of the molecule is NCCCC[C@H](NC(=O)COc1ccc(Oc2ccccc2)cc1)C(=O)O. The normalized spacial score (nSPS) is 11.4. The van der Waals surface area contributed by atoms with E-state index in [1.165, 1.54) is 0 Å². The van der Waals surface area contributed by atoms with Gasteiger partial charge in [-0.1, -0.05) is 18.2 Å². The van der Waals surface area contributed by atoms with Gasteiger partial charge in [-0.15, -0.1) is 0 Å². The Hall–Kier alpha value is -3.06. The standard InChI is InChI=1S/C20H24N2O5/c21-13-5-4-8-18(20(24)25)22-19(23)14-26-15-9-11-17(12-10-15)27-16-6-2-1-3-7-16/h1-3,6-7,9-12,18H,4-5,8,13-14,21H2,(H,22,23)(H,24,25)/t18-/m0/s1. The van der Waals surface area contributed by atoms with Crippen LogP contribution in [0.15, 0.2) is 54.6 Å². The van der Waals surface area contributed by atoms with Crippen molar-refractivity contribution in [3.05, 3.63) is 54.6 Å². The molecule has 0 aliphatic rings. The molecule has 0 aliphatic heterocycles. The number of rotatable bonds is 11. The van der Waals surface area contributed by atoms with E-state index in [-0.39, 0.29) is 6.61 Å². The summed E-state index contributed by atoms with van der Waals surface area (Å²) in [4.78, 5) is 23.1. The van der Waals surface area contributed by atoms with Gasteiger partial charge in [-0.2, -0.15) is 0 Å². The second-order valence-electron chi connectivity index (χ2n) is 5.92. The van der Waals surface area contributed by atoms with Crippen LogP contribution in [0.25, 0.3) is 0 Å². The molecule has 27 heavy (non-hydrogen) atoms. The lowest BCUT2D eigenvalue weighted by Crippen LogP contribution is -2.42. The monoisotopic (exact) mass is 372 g/mol. The van der Waals surface area contributed by atoms with Gasteiger partial charge in [0.25, 0.3) is 5.91 Å². The number of aliphatic carboxylic acids is 1. The summed E-state index contributed by atoms with van der Waals surface area (Å²) in [5, 5.41) is 11.6. The Balaban J connectivity index is 1.79. The van der Waals surface area contributed by atoms with Crippen LogP contribution in [0.2, 0.25) is 0 Å². The molecule has 0 spiro atoms. The molecule has 0 unspecified atom stereocenters. The van der Waals surface area contributed by atoms with E-state index in [1.807, 2.05) is 30.3 Å². The number of carbonyl (C=O) groups excluding carboxylic acids is 1. The highest BCUT2D eigenvalue weighted by Crippen LogP contribution is 2.23. The van der Waals surface area contributed by atoms with Crippen molar-refractivity contribution in [2.24, 2.45) is 5.73 Å². The van der Waals surface area contributed by atoms with E-state index >= 15 is 0 Å². The molecule has 1 atom stereocenters. The van der Waals surface area contributed by atoms with Crippen molar-refractivity contribution in [2.75, 3.05) is 13.2 Å². The van der Waals surface area contributed by atoms with Crippen molar-refractivity contribution < 1.29 is 24.2 Å². The molecule has 2 rings (SSSR count). The third kappa shape index (κ3) is 7.37. The van der Waals surface area contributed by atoms with Crippen LogP contribution in [0.1, 0.15) is 19.3 Å². The van der Waals surface area contributed by atoms with Gasteiger partial charge in [0.1, 0.15) is 23.3 Å². The molecule has 4 N–H and O–H groups in total. The number of hydrogen-bond donors (Lipinski definition) is 3. The largest absolute Gasteiger partial charge is 0.484 e. The molecule has 0 aromatic heterocycles. The third-order valence-corrected chi connectivity index (χ3v) is 3.75. The van der Waals surface area contributed by atoms with Crippen molar-refractivity contribution in [1.82, 2.24) is 5.32 Å². The van der Waals surface area contributed by atoms with E-state index in [9.17, 15) is 9.59 Å². The lowest BCUT2D eigenvalue weighted by atomic mass is 10.1. The molecule has 0 saturated heterocycles. The Bertz CT molecular complexity index is 719. The van der Waals surface area contributed by atoms with Crippen LogP contribution >= 0.6 is 0 Å². The maximum Gasteiger partial charge on any atom is 0.326 e. The van der Waals surface area contributed by atoms with Gasteiger partial charge in [0.2, 0.25) is 0 Å². The van der Waals surface area contributed by atoms with Gasteiger partial charge in [-0.3, -0.25) is 4.79 Å². The first kappa shape index (κ1) is 20.3. The Morgan fingerprint density at radius 3 is 2.22 bits per heavy atom. The maximum absolute atomic E-state index is 11.9. The minimum absolute atomic E-state index is 0.264. The van der Waals surface area contributed by atoms with Crippen molar-refractivity contribution >= 4 is 11.9 Å². The van der Waals surface area contributed by atoms with Gasteiger partial charge in [0.05, 0.1) is 0 Å². The maximum atomic E-state index is 11.9. The van der Waals surface area contributed by atoms with Crippen LogP contribution in [-0.4, -0.2) is 36.2 Å². The van der Waals surface area contributed by atoms with Gasteiger partial charge >= 0.3 is 5.97 Å². The topological polar surface area (TPSA) is 111 Å². The van der Waals surface area contributed by atoms with Gasteiger partial charge in [0, 0.05) is 0 Å². The third-order valence-electron chi connectivity index (χ3n) is 3.75. The number of nitrogens with two attached hydrogens (primary N) is 1. The summed E-state index contributed by atoms with van der Waals surface area (Å²) in [6, 6.07) is 15.2. The van der Waals surface area contributed by atoms with Gasteiger partial charge in [-0.05, 0) is 62.2 Å². The van der Waals surface area contributed by atoms with Crippen LogP contribution in [0, 0.1) is 0 Å². The number of hydrogen-bond acceptors (Lipinski definition) is 5. The lowest BCUT2D eigenvalue weighted by molar-refractivity contribution is -0.142. The summed E-state index contributed by atoms with van der Waals surface area (Å²) in [6.45, 7) is 0.229. The summed E-state index contributed by atoms with van der Waals surface area (Å²) in [7, 11) is 0. The van der Waals surface area contributed by atoms with E-state index in [0.29, 0.717) is 37.3 Å². The van der Waals surface area contributed by atoms with Gasteiger partial charge < -0.3 is 25.6 Å². The fraction of sp³-hybridized carbons (Fsp3) is 0.300. The van der Waals surface area contributed by atoms with E-state index in [1.54, 1.807) is 24.3 Å². The predicted octanol–water partition coefficient (Wildman–Crippen LogP) is 2.56. The number of carboxylic acids is 1. The van der Waals surface area contributed by atoms with Crippen LogP contribution in [0.3, 0.4) is 0 Å². The molecule has 0 saturated carbocycles. The first-order chi connectivity index (χ1) is 13.1. The number of nitrogens with one attached hydrogen (secondary N) is 1. The van der Waals surface area contributed by atoms with E-state index in [2.05, 4.69) is 5.32 Å². The average molecular weight is 372 g/mol. The van der Waals surface area contributed by atoms with E-state index < -0.39 is 17.9 Å². The Labute approximate surface area is 158 Å². The number of amides is 1. The Kier molecular flexibility index (Phi) is 8.12. The molecule has 0 bridgehead atoms. The lowest BCUT2D eigenvalue weighted by Gasteiger charge is -2.14. The molecule has 0 heterocycles. The summed E-state index contributed by atoms with van der Waals surface area (Å²) >= 11 is 0. The number of ether oxygens (including phenoxy) is 2. The van der Waals surface area contributed by atoms with Crippen LogP contribution in [-0.2, 0) is 9.59 Å². The van der Waals surface area contributed by atoms with Gasteiger partial charge in [0.15, 0.2) is 6.61 Å². The van der Waals surface area contributed by atoms with Crippen LogP contribution in [0.4, 0.5) is 0 Å². The molecule has 0 fully saturated rings. The van der Waals surface area contributed by atoms with Crippen LogP contribution < -0.4 is 20.5 Å². The molecule has 7 nitrogen and oxygen atoms in total. The van der Waals surface area contributed by atoms with E-state index in [0.717, 1.165) is 5.75 Å². The molecule has 2 aromatic carbocycles. The number of para-hydroxylation sites is 1. The fourth-order valence-electron chi connectivity index (χ4n) is 2.36. The smallest absolute Gasteiger partial charge is 0.326 e. The van der Waals surface area contributed by atoms with E-state index in [4.69, 9.17) is 20.3 Å². The first-order valence-electron chi connectivity index (χ1n) is 8.76. The molecular weight excluding hydrogens is 348 g/mol. The molecule has 0 radical (unpaired) electrons. The second kappa shape index (κ2) is 10.8. The zero-order chi connectivity index (χ0) is 19.5. The van der Waals surface area contributed by atoms with Crippen molar-refractivity contribution in [3.8, 4) is 17.2 Å². The fourth-order valence-corrected chi connectivity index (χ4v) is 2.36. The highest BCUT2D eigenvalue weighted by atomic mass is 16.5. The average Bonchev–Trinajstić information content (AvgIpc) is 2.67. The first-order valence-corrected chi connectivity index (χ1v) is 8.76. The van der Waals surface area contributed by atoms with Crippen LogP contribution in [0.5, 0.6) is 17.2 Å². The van der Waals surface area contributed by atoms with Crippen molar-refractivity contribution in [2.45, 2.75) is 25.3 Å². The van der Waals surface area contributed by atoms with Crippen molar-refractivity contribution in [3.63, 3.8) is 0 Å². The highest BCUT2D eigenvalue weighted by molar-refractivity contribution is 5.84. The molecular formula is C20H24N2O5. The van der Waals surface area contributed by atoms with Crippen molar-refractivity contribution in [1.29, 1.82) is 0 Å². The Morgan fingerprint density at radius 1 is 0.963 bits per heavy atom. The number of carbonyl (C=O) groups is 2. The molecule has 2 aromatic rings. The summed E-state index contributed by atoms with van der Waals surface area (Å²) in [6.07, 6.45) is 1.69. The molecule has 144 valence electrons. The molecule has 1 amide bonds. The minimum Gasteiger partial charge on any atom is -0.484 e. The number of carboxylic acid groups (broad SMARTS) is 1. The second-order valence-corrected chi connectivity index (χ2v) is 5.92. The molecule has 0 aliphatic carbocycles.